The van der Waals surface area contributed by atoms with Gasteiger partial charge in [0.25, 0.3) is 5.91 Å². The molecule has 4 heteroatoms. The van der Waals surface area contributed by atoms with Crippen molar-refractivity contribution in [3.8, 4) is 5.06 Å². The van der Waals surface area contributed by atoms with Gasteiger partial charge in [-0.1, -0.05) is 18.2 Å². The number of likely N-dealkylation sites (tertiary alicyclic amines) is 1. The SMILES string of the molecule is O=C(c1ccccc1)N1CCC(COc2cccs2)CC1. The molecule has 21 heavy (non-hydrogen) atoms. The average Bonchev–Trinajstić information content (AvgIpc) is 3.07. The zero-order valence-corrected chi connectivity index (χ0v) is 12.7. The first-order chi connectivity index (χ1) is 10.3. The number of thiophene rings is 1. The van der Waals surface area contributed by atoms with Crippen molar-refractivity contribution in [2.45, 2.75) is 12.8 Å². The van der Waals surface area contributed by atoms with Crippen LogP contribution in [0.15, 0.2) is 47.8 Å². The zero-order valence-electron chi connectivity index (χ0n) is 11.9. The summed E-state index contributed by atoms with van der Waals surface area (Å²) in [4.78, 5) is 14.3. The van der Waals surface area contributed by atoms with Gasteiger partial charge in [-0.3, -0.25) is 4.79 Å². The number of ether oxygens (including phenoxy) is 1. The molecule has 3 nitrogen and oxygen atoms in total. The van der Waals surface area contributed by atoms with Gasteiger partial charge in [-0.25, -0.2) is 0 Å². The van der Waals surface area contributed by atoms with Gasteiger partial charge in [-0.2, -0.15) is 0 Å². The first-order valence-corrected chi connectivity index (χ1v) is 8.21. The smallest absolute Gasteiger partial charge is 0.253 e. The molecule has 0 bridgehead atoms. The molecule has 0 unspecified atom stereocenters. The summed E-state index contributed by atoms with van der Waals surface area (Å²) in [6.45, 7) is 2.41. The third-order valence-corrected chi connectivity index (χ3v) is 4.66. The normalized spacial score (nSPS) is 15.9. The van der Waals surface area contributed by atoms with Crippen LogP contribution in [-0.4, -0.2) is 30.5 Å². The van der Waals surface area contributed by atoms with Crippen LogP contribution in [0.5, 0.6) is 5.06 Å². The lowest BCUT2D eigenvalue weighted by Crippen LogP contribution is -2.39. The van der Waals surface area contributed by atoms with E-state index in [9.17, 15) is 4.79 Å². The molecule has 1 aliphatic rings. The number of rotatable bonds is 4. The van der Waals surface area contributed by atoms with Crippen LogP contribution in [0.25, 0.3) is 0 Å². The molecule has 0 spiro atoms. The number of hydrogen-bond donors (Lipinski definition) is 0. The van der Waals surface area contributed by atoms with Crippen molar-refractivity contribution in [2.24, 2.45) is 5.92 Å². The summed E-state index contributed by atoms with van der Waals surface area (Å²) in [6, 6.07) is 13.5. The molecule has 1 saturated heterocycles. The highest BCUT2D eigenvalue weighted by Gasteiger charge is 2.23. The van der Waals surface area contributed by atoms with Crippen LogP contribution in [0.2, 0.25) is 0 Å². The molecule has 0 atom stereocenters. The minimum Gasteiger partial charge on any atom is -0.484 e. The minimum atomic E-state index is 0.147. The summed E-state index contributed by atoms with van der Waals surface area (Å²) < 4.78 is 5.78. The van der Waals surface area contributed by atoms with Gasteiger partial charge in [0.05, 0.1) is 6.61 Å². The molecule has 1 aromatic carbocycles. The van der Waals surface area contributed by atoms with E-state index in [-0.39, 0.29) is 5.91 Å². The molecule has 110 valence electrons. The Balaban J connectivity index is 1.47. The second-order valence-corrected chi connectivity index (χ2v) is 6.25. The maximum atomic E-state index is 12.3. The van der Waals surface area contributed by atoms with E-state index in [0.717, 1.165) is 43.2 Å². The zero-order chi connectivity index (χ0) is 14.5. The Hall–Kier alpha value is -1.81. The van der Waals surface area contributed by atoms with E-state index in [1.807, 2.05) is 52.7 Å². The lowest BCUT2D eigenvalue weighted by molar-refractivity contribution is 0.0662. The monoisotopic (exact) mass is 301 g/mol. The third-order valence-electron chi connectivity index (χ3n) is 3.88. The van der Waals surface area contributed by atoms with Crippen molar-refractivity contribution in [1.29, 1.82) is 0 Å². The highest BCUT2D eigenvalue weighted by molar-refractivity contribution is 7.11. The van der Waals surface area contributed by atoms with Crippen molar-refractivity contribution in [3.05, 3.63) is 53.4 Å². The van der Waals surface area contributed by atoms with Crippen LogP contribution >= 0.6 is 11.3 Å². The Kier molecular flexibility index (Phi) is 4.55. The number of carbonyl (C=O) groups is 1. The highest BCUT2D eigenvalue weighted by atomic mass is 32.1. The molecule has 3 rings (SSSR count). The number of nitrogens with zero attached hydrogens (tertiary/aromatic N) is 1. The average molecular weight is 301 g/mol. The lowest BCUT2D eigenvalue weighted by atomic mass is 9.97. The molecular formula is C17H19NO2S. The molecule has 1 aromatic heterocycles. The van der Waals surface area contributed by atoms with Crippen molar-refractivity contribution in [3.63, 3.8) is 0 Å². The maximum Gasteiger partial charge on any atom is 0.253 e. The number of piperidine rings is 1. The molecule has 1 aliphatic heterocycles. The fourth-order valence-electron chi connectivity index (χ4n) is 2.61. The molecule has 0 N–H and O–H groups in total. The van der Waals surface area contributed by atoms with E-state index < -0.39 is 0 Å². The molecular weight excluding hydrogens is 282 g/mol. The Bertz CT molecular complexity index is 560. The second kappa shape index (κ2) is 6.76. The minimum absolute atomic E-state index is 0.147. The Morgan fingerprint density at radius 3 is 2.57 bits per heavy atom. The largest absolute Gasteiger partial charge is 0.484 e. The summed E-state index contributed by atoms with van der Waals surface area (Å²) in [6.07, 6.45) is 2.04. The quantitative estimate of drug-likeness (QED) is 0.862. The molecule has 2 heterocycles. The summed E-state index contributed by atoms with van der Waals surface area (Å²) in [7, 11) is 0. The van der Waals surface area contributed by atoms with Crippen LogP contribution in [0.1, 0.15) is 23.2 Å². The molecule has 0 aliphatic carbocycles. The van der Waals surface area contributed by atoms with Gasteiger partial charge >= 0.3 is 0 Å². The van der Waals surface area contributed by atoms with E-state index in [2.05, 4.69) is 0 Å². The third kappa shape index (κ3) is 3.64. The van der Waals surface area contributed by atoms with Gasteiger partial charge in [-0.15, -0.1) is 11.3 Å². The van der Waals surface area contributed by atoms with Gasteiger partial charge in [0.1, 0.15) is 0 Å². The predicted molar refractivity (Wildman–Crippen MR) is 84.9 cm³/mol. The summed E-state index contributed by atoms with van der Waals surface area (Å²) in [5.41, 5.74) is 0.783. The highest BCUT2D eigenvalue weighted by Crippen LogP contribution is 2.23. The number of hydrogen-bond acceptors (Lipinski definition) is 3. The van der Waals surface area contributed by atoms with Crippen LogP contribution < -0.4 is 4.74 Å². The topological polar surface area (TPSA) is 29.5 Å². The first-order valence-electron chi connectivity index (χ1n) is 7.33. The van der Waals surface area contributed by atoms with E-state index in [0.29, 0.717) is 5.92 Å². The van der Waals surface area contributed by atoms with Crippen LogP contribution in [0, 0.1) is 5.92 Å². The lowest BCUT2D eigenvalue weighted by Gasteiger charge is -2.31. The van der Waals surface area contributed by atoms with Crippen LogP contribution in [-0.2, 0) is 0 Å². The number of benzene rings is 1. The Morgan fingerprint density at radius 1 is 1.14 bits per heavy atom. The van der Waals surface area contributed by atoms with Crippen molar-refractivity contribution in [2.75, 3.05) is 19.7 Å². The predicted octanol–water partition coefficient (Wildman–Crippen LogP) is 3.68. The fraction of sp³-hybridized carbons (Fsp3) is 0.353. The molecule has 0 saturated carbocycles. The first kappa shape index (κ1) is 14.1. The van der Waals surface area contributed by atoms with Crippen molar-refractivity contribution >= 4 is 17.2 Å². The van der Waals surface area contributed by atoms with Crippen LogP contribution in [0.4, 0.5) is 0 Å². The molecule has 0 radical (unpaired) electrons. The molecule has 2 aromatic rings. The van der Waals surface area contributed by atoms with E-state index >= 15 is 0 Å². The standard InChI is InChI=1S/C17H19NO2S/c19-17(15-5-2-1-3-6-15)18-10-8-14(9-11-18)13-20-16-7-4-12-21-16/h1-7,12,14H,8-11,13H2. The summed E-state index contributed by atoms with van der Waals surface area (Å²) in [5, 5.41) is 3.01. The van der Waals surface area contributed by atoms with Gasteiger partial charge in [0, 0.05) is 18.7 Å². The Morgan fingerprint density at radius 2 is 1.90 bits per heavy atom. The number of amides is 1. The Labute approximate surface area is 129 Å². The summed E-state index contributed by atoms with van der Waals surface area (Å²) >= 11 is 1.63. The summed E-state index contributed by atoms with van der Waals surface area (Å²) in [5.74, 6) is 0.695. The van der Waals surface area contributed by atoms with E-state index in [1.165, 1.54) is 0 Å². The second-order valence-electron chi connectivity index (χ2n) is 5.34. The van der Waals surface area contributed by atoms with E-state index in [4.69, 9.17) is 4.74 Å². The van der Waals surface area contributed by atoms with Gasteiger partial charge in [0.15, 0.2) is 5.06 Å². The van der Waals surface area contributed by atoms with Gasteiger partial charge < -0.3 is 9.64 Å². The van der Waals surface area contributed by atoms with Gasteiger partial charge in [0.2, 0.25) is 0 Å². The van der Waals surface area contributed by atoms with Crippen molar-refractivity contribution < 1.29 is 9.53 Å². The molecule has 1 amide bonds. The number of carbonyl (C=O) groups excluding carboxylic acids is 1. The molecule has 1 fully saturated rings. The van der Waals surface area contributed by atoms with E-state index in [1.54, 1.807) is 11.3 Å². The van der Waals surface area contributed by atoms with Crippen LogP contribution in [0.3, 0.4) is 0 Å². The fourth-order valence-corrected chi connectivity index (χ4v) is 3.20. The van der Waals surface area contributed by atoms with Gasteiger partial charge in [-0.05, 0) is 48.4 Å². The maximum absolute atomic E-state index is 12.3. The van der Waals surface area contributed by atoms with Crippen molar-refractivity contribution in [1.82, 2.24) is 4.90 Å².